The molecule has 0 heterocycles. The van der Waals surface area contributed by atoms with E-state index < -0.39 is 0 Å². The van der Waals surface area contributed by atoms with E-state index in [0.29, 0.717) is 30.4 Å². The van der Waals surface area contributed by atoms with Crippen LogP contribution in [-0.4, -0.2) is 32.8 Å². The van der Waals surface area contributed by atoms with Crippen LogP contribution in [0, 0.1) is 0 Å². The molecule has 0 aliphatic rings. The van der Waals surface area contributed by atoms with Gasteiger partial charge < -0.3 is 19.5 Å². The molecule has 0 spiro atoms. The molecule has 5 nitrogen and oxygen atoms in total. The summed E-state index contributed by atoms with van der Waals surface area (Å²) in [6, 6.07) is 13.1. The fraction of sp³-hybridized carbons (Fsp3) is 0.381. The highest BCUT2D eigenvalue weighted by Crippen LogP contribution is 2.31. The van der Waals surface area contributed by atoms with E-state index in [1.165, 1.54) is 5.56 Å². The summed E-state index contributed by atoms with van der Waals surface area (Å²) in [5.41, 5.74) is 1.89. The molecular weight excluding hydrogens is 410 g/mol. The van der Waals surface area contributed by atoms with Crippen LogP contribution in [0.5, 0.6) is 11.5 Å². The van der Waals surface area contributed by atoms with Crippen LogP contribution in [-0.2, 0) is 14.9 Å². The molecule has 0 bridgehead atoms. The second kappa shape index (κ2) is 9.76. The molecule has 0 aliphatic heterocycles. The van der Waals surface area contributed by atoms with Crippen molar-refractivity contribution < 1.29 is 19.0 Å². The summed E-state index contributed by atoms with van der Waals surface area (Å²) in [5.74, 6) is 1.07. The van der Waals surface area contributed by atoms with Crippen LogP contribution in [0.2, 0.25) is 0 Å². The van der Waals surface area contributed by atoms with Crippen LogP contribution in [0.1, 0.15) is 26.3 Å². The predicted molar refractivity (Wildman–Crippen MR) is 111 cm³/mol. The number of methoxy groups -OCH3 is 1. The highest BCUT2D eigenvalue weighted by Gasteiger charge is 2.15. The van der Waals surface area contributed by atoms with Gasteiger partial charge in [-0.25, -0.2) is 0 Å². The average molecular weight is 436 g/mol. The minimum absolute atomic E-state index is 0.0504. The van der Waals surface area contributed by atoms with Gasteiger partial charge in [-0.2, -0.15) is 0 Å². The monoisotopic (exact) mass is 435 g/mol. The number of carbonyl (C=O) groups excluding carboxylic acids is 1. The van der Waals surface area contributed by atoms with Crippen molar-refractivity contribution in [2.75, 3.05) is 32.2 Å². The normalized spacial score (nSPS) is 11.1. The molecule has 0 aliphatic carbocycles. The van der Waals surface area contributed by atoms with Gasteiger partial charge in [-0.05, 0) is 51.2 Å². The third-order valence-corrected chi connectivity index (χ3v) is 4.45. The molecule has 0 radical (unpaired) electrons. The summed E-state index contributed by atoms with van der Waals surface area (Å²) in [6.45, 7) is 7.33. The highest BCUT2D eigenvalue weighted by atomic mass is 79.9. The highest BCUT2D eigenvalue weighted by molar-refractivity contribution is 9.10. The second-order valence-corrected chi connectivity index (χ2v) is 7.96. The third kappa shape index (κ3) is 6.88. The number of hydrogen-bond donors (Lipinski definition) is 1. The molecule has 6 heteroatoms. The number of anilines is 1. The van der Waals surface area contributed by atoms with Crippen molar-refractivity contribution in [2.45, 2.75) is 26.2 Å². The van der Waals surface area contributed by atoms with Gasteiger partial charge in [0.05, 0.1) is 11.1 Å². The van der Waals surface area contributed by atoms with Gasteiger partial charge >= 0.3 is 0 Å². The van der Waals surface area contributed by atoms with Crippen LogP contribution >= 0.6 is 15.9 Å². The summed E-state index contributed by atoms with van der Waals surface area (Å²) < 4.78 is 17.0. The van der Waals surface area contributed by atoms with Gasteiger partial charge in [0.1, 0.15) is 18.1 Å². The van der Waals surface area contributed by atoms with E-state index >= 15 is 0 Å². The lowest BCUT2D eigenvalue weighted by molar-refractivity contribution is -0.118. The number of ether oxygens (including phenoxy) is 3. The van der Waals surface area contributed by atoms with Crippen LogP contribution in [0.3, 0.4) is 0 Å². The summed E-state index contributed by atoms with van der Waals surface area (Å²) in [6.07, 6.45) is 0. The minimum Gasteiger partial charge on any atom is -0.491 e. The number of rotatable bonds is 8. The van der Waals surface area contributed by atoms with Crippen molar-refractivity contribution in [2.24, 2.45) is 0 Å². The Labute approximate surface area is 169 Å². The molecule has 0 unspecified atom stereocenters. The van der Waals surface area contributed by atoms with Crippen molar-refractivity contribution in [3.8, 4) is 11.5 Å². The quantitative estimate of drug-likeness (QED) is 0.605. The molecule has 0 fully saturated rings. The number of carbonyl (C=O) groups is 1. The number of hydrogen-bond acceptors (Lipinski definition) is 4. The van der Waals surface area contributed by atoms with E-state index in [-0.39, 0.29) is 17.9 Å². The average Bonchev–Trinajstić information content (AvgIpc) is 2.60. The first kappa shape index (κ1) is 21.3. The Morgan fingerprint density at radius 1 is 1.07 bits per heavy atom. The Hall–Kier alpha value is -2.05. The number of nitrogens with one attached hydrogen (secondary N) is 1. The Morgan fingerprint density at radius 2 is 1.85 bits per heavy atom. The summed E-state index contributed by atoms with van der Waals surface area (Å²) in [7, 11) is 1.62. The third-order valence-electron chi connectivity index (χ3n) is 3.83. The zero-order chi connectivity index (χ0) is 19.9. The molecule has 1 amide bonds. The van der Waals surface area contributed by atoms with Gasteiger partial charge in [0, 0.05) is 18.9 Å². The summed E-state index contributed by atoms with van der Waals surface area (Å²) in [4.78, 5) is 12.2. The predicted octanol–water partition coefficient (Wildman–Crippen LogP) is 4.79. The maximum absolute atomic E-state index is 12.2. The summed E-state index contributed by atoms with van der Waals surface area (Å²) in [5, 5.41) is 2.81. The SMILES string of the molecule is COCCOc1cccc(NC(=O)COc2ccc(C(C)(C)C)cc2Br)c1. The Balaban J connectivity index is 1.90. The molecule has 2 aromatic rings. The molecule has 2 rings (SSSR count). The molecule has 0 aromatic heterocycles. The van der Waals surface area contributed by atoms with Gasteiger partial charge in [-0.3, -0.25) is 4.79 Å². The standard InChI is InChI=1S/C21H26BrNO4/c1-21(2,3)15-8-9-19(18(22)12-15)27-14-20(24)23-16-6-5-7-17(13-16)26-11-10-25-4/h5-9,12-13H,10-11,14H2,1-4H3,(H,23,24). The largest absolute Gasteiger partial charge is 0.491 e. The second-order valence-electron chi connectivity index (χ2n) is 7.10. The van der Waals surface area contributed by atoms with E-state index in [1.807, 2.05) is 30.3 Å². The maximum atomic E-state index is 12.2. The van der Waals surface area contributed by atoms with Gasteiger partial charge in [-0.15, -0.1) is 0 Å². The molecule has 2 aromatic carbocycles. The van der Waals surface area contributed by atoms with Gasteiger partial charge in [0.2, 0.25) is 0 Å². The molecule has 27 heavy (non-hydrogen) atoms. The fourth-order valence-electron chi connectivity index (χ4n) is 2.33. The molecule has 0 atom stereocenters. The van der Waals surface area contributed by atoms with Crippen molar-refractivity contribution in [1.29, 1.82) is 0 Å². The minimum atomic E-state index is -0.240. The Bertz CT molecular complexity index is 771. The van der Waals surface area contributed by atoms with E-state index in [1.54, 1.807) is 19.2 Å². The molecule has 0 saturated heterocycles. The lowest BCUT2D eigenvalue weighted by atomic mass is 9.87. The first-order valence-corrected chi connectivity index (χ1v) is 9.53. The first-order chi connectivity index (χ1) is 12.8. The van der Waals surface area contributed by atoms with Gasteiger partial charge in [-0.1, -0.05) is 32.9 Å². The van der Waals surface area contributed by atoms with Crippen molar-refractivity contribution in [1.82, 2.24) is 0 Å². The van der Waals surface area contributed by atoms with E-state index in [4.69, 9.17) is 14.2 Å². The summed E-state index contributed by atoms with van der Waals surface area (Å²) >= 11 is 3.51. The number of amides is 1. The number of benzene rings is 2. The van der Waals surface area contributed by atoms with E-state index in [9.17, 15) is 4.79 Å². The molecule has 1 N–H and O–H groups in total. The van der Waals surface area contributed by atoms with Crippen LogP contribution in [0.25, 0.3) is 0 Å². The van der Waals surface area contributed by atoms with Gasteiger partial charge in [0.25, 0.3) is 5.91 Å². The van der Waals surface area contributed by atoms with Crippen molar-refractivity contribution in [3.63, 3.8) is 0 Å². The smallest absolute Gasteiger partial charge is 0.262 e. The van der Waals surface area contributed by atoms with Crippen LogP contribution in [0.4, 0.5) is 5.69 Å². The fourth-order valence-corrected chi connectivity index (χ4v) is 2.82. The van der Waals surface area contributed by atoms with E-state index in [0.717, 1.165) is 4.47 Å². The van der Waals surface area contributed by atoms with E-state index in [2.05, 4.69) is 42.0 Å². The Morgan fingerprint density at radius 3 is 2.52 bits per heavy atom. The van der Waals surface area contributed by atoms with Gasteiger partial charge in [0.15, 0.2) is 6.61 Å². The lowest BCUT2D eigenvalue weighted by Gasteiger charge is -2.20. The van der Waals surface area contributed by atoms with Crippen LogP contribution in [0.15, 0.2) is 46.9 Å². The Kier molecular flexibility index (Phi) is 7.68. The zero-order valence-electron chi connectivity index (χ0n) is 16.2. The first-order valence-electron chi connectivity index (χ1n) is 8.74. The maximum Gasteiger partial charge on any atom is 0.262 e. The van der Waals surface area contributed by atoms with Crippen LogP contribution < -0.4 is 14.8 Å². The van der Waals surface area contributed by atoms with Crippen molar-refractivity contribution in [3.05, 3.63) is 52.5 Å². The lowest BCUT2D eigenvalue weighted by Crippen LogP contribution is -2.20. The molecule has 0 saturated carbocycles. The molecule has 146 valence electrons. The van der Waals surface area contributed by atoms with Crippen molar-refractivity contribution >= 4 is 27.5 Å². The molecular formula is C21H26BrNO4. The topological polar surface area (TPSA) is 56.8 Å². The zero-order valence-corrected chi connectivity index (χ0v) is 17.8. The number of halogens is 1.